The molecule has 1 N–H and O–H groups in total. The maximum atomic E-state index is 10.5. The molecule has 0 unspecified atom stereocenters. The summed E-state index contributed by atoms with van der Waals surface area (Å²) in [5, 5.41) is 13.6. The van der Waals surface area contributed by atoms with Crippen LogP contribution >= 0.6 is 0 Å². The summed E-state index contributed by atoms with van der Waals surface area (Å²) in [6, 6.07) is 11.1. The third-order valence-corrected chi connectivity index (χ3v) is 2.68. The van der Waals surface area contributed by atoms with Gasteiger partial charge in [-0.15, -0.1) is 0 Å². The monoisotopic (exact) mass is 243 g/mol. The van der Waals surface area contributed by atoms with Crippen molar-refractivity contribution in [3.63, 3.8) is 0 Å². The van der Waals surface area contributed by atoms with E-state index < -0.39 is 4.92 Å². The zero-order valence-corrected chi connectivity index (χ0v) is 9.96. The van der Waals surface area contributed by atoms with E-state index in [2.05, 4.69) is 10.3 Å². The van der Waals surface area contributed by atoms with E-state index in [0.717, 1.165) is 0 Å². The number of aromatic nitrogens is 1. The second kappa shape index (κ2) is 5.27. The Balaban J connectivity index is 2.02. The summed E-state index contributed by atoms with van der Waals surface area (Å²) in [7, 11) is 0. The lowest BCUT2D eigenvalue weighted by atomic mass is 10.1. The molecule has 5 heteroatoms. The Morgan fingerprint density at radius 2 is 2.06 bits per heavy atom. The fourth-order valence-electron chi connectivity index (χ4n) is 1.59. The van der Waals surface area contributed by atoms with Gasteiger partial charge in [-0.05, 0) is 24.1 Å². The zero-order chi connectivity index (χ0) is 13.0. The van der Waals surface area contributed by atoms with Crippen molar-refractivity contribution < 1.29 is 4.92 Å². The second-order valence-electron chi connectivity index (χ2n) is 3.94. The maximum Gasteiger partial charge on any atom is 0.287 e. The summed E-state index contributed by atoms with van der Waals surface area (Å²) in [4.78, 5) is 14.0. The number of nitrogens with zero attached hydrogens (tertiary/aromatic N) is 2. The van der Waals surface area contributed by atoms with Crippen molar-refractivity contribution in [2.45, 2.75) is 13.5 Å². The van der Waals surface area contributed by atoms with Crippen molar-refractivity contribution in [2.24, 2.45) is 0 Å². The van der Waals surface area contributed by atoms with Crippen LogP contribution in [0.3, 0.4) is 0 Å². The lowest BCUT2D eigenvalue weighted by Crippen LogP contribution is -2.02. The quantitative estimate of drug-likeness (QED) is 0.662. The van der Waals surface area contributed by atoms with Gasteiger partial charge in [0.2, 0.25) is 0 Å². The standard InChI is InChI=1S/C13H13N3O2/c1-10-4-2-3-5-11(10)8-14-13-7-6-12(9-15-13)16(17)18/h2-7,9H,8H2,1H3,(H,14,15). The molecule has 0 atom stereocenters. The van der Waals surface area contributed by atoms with E-state index in [1.807, 2.05) is 31.2 Å². The molecule has 18 heavy (non-hydrogen) atoms. The van der Waals surface area contributed by atoms with Gasteiger partial charge < -0.3 is 5.32 Å². The minimum atomic E-state index is -0.460. The van der Waals surface area contributed by atoms with Crippen LogP contribution in [0.5, 0.6) is 0 Å². The lowest BCUT2D eigenvalue weighted by Gasteiger charge is -2.07. The van der Waals surface area contributed by atoms with Crippen molar-refractivity contribution >= 4 is 11.5 Å². The summed E-state index contributed by atoms with van der Waals surface area (Å²) >= 11 is 0. The molecule has 0 saturated carbocycles. The van der Waals surface area contributed by atoms with Crippen LogP contribution in [0.4, 0.5) is 11.5 Å². The average Bonchev–Trinajstić information content (AvgIpc) is 2.38. The average molecular weight is 243 g/mol. The number of anilines is 1. The molecule has 0 bridgehead atoms. The number of aryl methyl sites for hydroxylation is 1. The van der Waals surface area contributed by atoms with Crippen LogP contribution in [-0.4, -0.2) is 9.91 Å². The first kappa shape index (κ1) is 12.0. The van der Waals surface area contributed by atoms with Crippen LogP contribution in [0.15, 0.2) is 42.6 Å². The van der Waals surface area contributed by atoms with E-state index in [9.17, 15) is 10.1 Å². The molecule has 0 spiro atoms. The van der Waals surface area contributed by atoms with Gasteiger partial charge in [0.1, 0.15) is 12.0 Å². The van der Waals surface area contributed by atoms with Gasteiger partial charge in [-0.25, -0.2) is 4.98 Å². The molecule has 0 fully saturated rings. The molecule has 2 aromatic rings. The third-order valence-electron chi connectivity index (χ3n) is 2.68. The molecule has 0 aliphatic carbocycles. The van der Waals surface area contributed by atoms with E-state index in [1.54, 1.807) is 6.07 Å². The Bertz CT molecular complexity index is 552. The normalized spacial score (nSPS) is 10.1. The van der Waals surface area contributed by atoms with Gasteiger partial charge >= 0.3 is 0 Å². The lowest BCUT2D eigenvalue weighted by molar-refractivity contribution is -0.385. The number of nitrogens with one attached hydrogen (secondary N) is 1. The van der Waals surface area contributed by atoms with Gasteiger partial charge in [-0.2, -0.15) is 0 Å². The largest absolute Gasteiger partial charge is 0.366 e. The van der Waals surface area contributed by atoms with E-state index in [-0.39, 0.29) is 5.69 Å². The van der Waals surface area contributed by atoms with Gasteiger partial charge in [0, 0.05) is 12.6 Å². The fraction of sp³-hybridized carbons (Fsp3) is 0.154. The highest BCUT2D eigenvalue weighted by atomic mass is 16.6. The van der Waals surface area contributed by atoms with Crippen molar-refractivity contribution in [2.75, 3.05) is 5.32 Å². The molecule has 0 aliphatic heterocycles. The Morgan fingerprint density at radius 3 is 2.67 bits per heavy atom. The van der Waals surface area contributed by atoms with Gasteiger partial charge in [-0.1, -0.05) is 24.3 Å². The molecular weight excluding hydrogens is 230 g/mol. The molecule has 0 radical (unpaired) electrons. The molecule has 1 heterocycles. The number of nitro groups is 1. The van der Waals surface area contributed by atoms with Gasteiger partial charge in [0.05, 0.1) is 4.92 Å². The predicted molar refractivity (Wildman–Crippen MR) is 69.4 cm³/mol. The molecule has 2 rings (SSSR count). The van der Waals surface area contributed by atoms with Crippen LogP contribution in [0.25, 0.3) is 0 Å². The zero-order valence-electron chi connectivity index (χ0n) is 9.96. The number of benzene rings is 1. The SMILES string of the molecule is Cc1ccccc1CNc1ccc([N+](=O)[O-])cn1. The molecule has 1 aromatic heterocycles. The Morgan fingerprint density at radius 1 is 1.28 bits per heavy atom. The highest BCUT2D eigenvalue weighted by molar-refractivity contribution is 5.41. The summed E-state index contributed by atoms with van der Waals surface area (Å²) in [6.45, 7) is 2.69. The maximum absolute atomic E-state index is 10.5. The first-order chi connectivity index (χ1) is 8.66. The summed E-state index contributed by atoms with van der Waals surface area (Å²) in [5.41, 5.74) is 2.38. The van der Waals surface area contributed by atoms with Gasteiger partial charge in [-0.3, -0.25) is 10.1 Å². The molecule has 0 amide bonds. The topological polar surface area (TPSA) is 68.1 Å². The number of rotatable bonds is 4. The molecule has 92 valence electrons. The number of pyridine rings is 1. The number of hydrogen-bond acceptors (Lipinski definition) is 4. The van der Waals surface area contributed by atoms with Crippen molar-refractivity contribution in [3.05, 3.63) is 63.8 Å². The Kier molecular flexibility index (Phi) is 3.52. The first-order valence-electron chi connectivity index (χ1n) is 5.55. The smallest absolute Gasteiger partial charge is 0.287 e. The van der Waals surface area contributed by atoms with Crippen LogP contribution in [0.1, 0.15) is 11.1 Å². The van der Waals surface area contributed by atoms with Crippen LogP contribution in [0.2, 0.25) is 0 Å². The van der Waals surface area contributed by atoms with Crippen molar-refractivity contribution in [1.82, 2.24) is 4.98 Å². The predicted octanol–water partition coefficient (Wildman–Crippen LogP) is 2.91. The summed E-state index contributed by atoms with van der Waals surface area (Å²) in [6.07, 6.45) is 1.25. The molecule has 1 aromatic carbocycles. The first-order valence-corrected chi connectivity index (χ1v) is 5.55. The Labute approximate surface area is 105 Å². The highest BCUT2D eigenvalue weighted by Crippen LogP contribution is 2.13. The third kappa shape index (κ3) is 2.82. The van der Waals surface area contributed by atoms with Crippen LogP contribution < -0.4 is 5.32 Å². The molecule has 0 saturated heterocycles. The minimum absolute atomic E-state index is 0.00329. The van der Waals surface area contributed by atoms with Crippen molar-refractivity contribution in [1.29, 1.82) is 0 Å². The minimum Gasteiger partial charge on any atom is -0.366 e. The van der Waals surface area contributed by atoms with Gasteiger partial charge in [0.15, 0.2) is 0 Å². The van der Waals surface area contributed by atoms with Crippen LogP contribution in [-0.2, 0) is 6.54 Å². The van der Waals surface area contributed by atoms with Crippen molar-refractivity contribution in [3.8, 4) is 0 Å². The second-order valence-corrected chi connectivity index (χ2v) is 3.94. The Hall–Kier alpha value is -2.43. The van der Waals surface area contributed by atoms with E-state index in [4.69, 9.17) is 0 Å². The summed E-state index contributed by atoms with van der Waals surface area (Å²) < 4.78 is 0. The van der Waals surface area contributed by atoms with Gasteiger partial charge in [0.25, 0.3) is 5.69 Å². The summed E-state index contributed by atoms with van der Waals surface area (Å²) in [5.74, 6) is 0.629. The van der Waals surface area contributed by atoms with Crippen LogP contribution in [0, 0.1) is 17.0 Å². The molecule has 0 aliphatic rings. The number of hydrogen-bond donors (Lipinski definition) is 1. The fourth-order valence-corrected chi connectivity index (χ4v) is 1.59. The van der Waals surface area contributed by atoms with E-state index in [1.165, 1.54) is 23.4 Å². The highest BCUT2D eigenvalue weighted by Gasteiger charge is 2.05. The van der Waals surface area contributed by atoms with E-state index in [0.29, 0.717) is 12.4 Å². The molecular formula is C13H13N3O2. The molecule has 5 nitrogen and oxygen atoms in total. The van der Waals surface area contributed by atoms with E-state index >= 15 is 0 Å².